The summed E-state index contributed by atoms with van der Waals surface area (Å²) in [5, 5.41) is 3.14. The van der Waals surface area contributed by atoms with Crippen LogP contribution in [0.25, 0.3) is 17.2 Å². The highest BCUT2D eigenvalue weighted by Crippen LogP contribution is 2.34. The van der Waals surface area contributed by atoms with Crippen LogP contribution in [0, 0.1) is 5.92 Å². The first-order valence-corrected chi connectivity index (χ1v) is 17.8. The Morgan fingerprint density at radius 2 is 1.77 bits per heavy atom. The van der Waals surface area contributed by atoms with Gasteiger partial charge in [-0.25, -0.2) is 4.98 Å². The van der Waals surface area contributed by atoms with Crippen LogP contribution in [0.5, 0.6) is 11.6 Å². The van der Waals surface area contributed by atoms with Gasteiger partial charge in [0.25, 0.3) is 5.91 Å². The molecule has 0 radical (unpaired) electrons. The van der Waals surface area contributed by atoms with E-state index in [1.54, 1.807) is 25.1 Å². The lowest BCUT2D eigenvalue weighted by atomic mass is 10.00. The van der Waals surface area contributed by atoms with Gasteiger partial charge in [-0.15, -0.1) is 11.8 Å². The fourth-order valence-electron chi connectivity index (χ4n) is 5.62. The van der Waals surface area contributed by atoms with E-state index in [2.05, 4.69) is 72.4 Å². The number of carbonyl (C=O) groups excluding carboxylic acids is 1. The average Bonchev–Trinajstić information content (AvgIpc) is 3.28. The normalized spacial score (nSPS) is 12.7. The highest BCUT2D eigenvalue weighted by molar-refractivity contribution is 7.98. The highest BCUT2D eigenvalue weighted by atomic mass is 32.2. The van der Waals surface area contributed by atoms with Crippen molar-refractivity contribution in [3.63, 3.8) is 0 Å². The molecule has 5 rings (SSSR count). The van der Waals surface area contributed by atoms with Gasteiger partial charge in [0.1, 0.15) is 12.4 Å². The number of hydrogen-bond acceptors (Lipinski definition) is 7. The largest absolute Gasteiger partial charge is 0.491 e. The molecular formula is C40H47N3O4S. The van der Waals surface area contributed by atoms with Gasteiger partial charge in [-0.3, -0.25) is 4.79 Å². The SMILES string of the molecule is CCCCOCCOc1ccc(-c2ccc3c(c2)C=C(C(=O)Nc2ccc(SCc4cccnc4OC)cc2)CCN3CC(C)C)cc1. The summed E-state index contributed by atoms with van der Waals surface area (Å²) in [6.07, 6.45) is 6.67. The second-order valence-corrected chi connectivity index (χ2v) is 13.4. The average molecular weight is 666 g/mol. The van der Waals surface area contributed by atoms with E-state index in [1.165, 1.54) is 0 Å². The number of nitrogens with zero attached hydrogens (tertiary/aromatic N) is 2. The van der Waals surface area contributed by atoms with Crippen LogP contribution in [-0.4, -0.2) is 50.9 Å². The van der Waals surface area contributed by atoms with Gasteiger partial charge in [0.05, 0.1) is 13.7 Å². The number of aromatic nitrogens is 1. The third-order valence-electron chi connectivity index (χ3n) is 8.10. The van der Waals surface area contributed by atoms with E-state index < -0.39 is 0 Å². The van der Waals surface area contributed by atoms with E-state index >= 15 is 0 Å². The zero-order valence-electron chi connectivity index (χ0n) is 28.5. The zero-order chi connectivity index (χ0) is 33.7. The Hall–Kier alpha value is -4.27. The van der Waals surface area contributed by atoms with Gasteiger partial charge >= 0.3 is 0 Å². The molecule has 4 aromatic rings. The van der Waals surface area contributed by atoms with E-state index in [9.17, 15) is 4.79 Å². The van der Waals surface area contributed by atoms with Crippen molar-refractivity contribution in [2.45, 2.75) is 50.7 Å². The van der Waals surface area contributed by atoms with Crippen LogP contribution < -0.4 is 19.7 Å². The van der Waals surface area contributed by atoms with E-state index in [1.807, 2.05) is 48.5 Å². The number of rotatable bonds is 16. The molecule has 0 saturated carbocycles. The number of hydrogen-bond donors (Lipinski definition) is 1. The fourth-order valence-corrected chi connectivity index (χ4v) is 6.49. The number of nitrogens with one attached hydrogen (secondary N) is 1. The van der Waals surface area contributed by atoms with Crippen molar-refractivity contribution < 1.29 is 19.0 Å². The molecule has 252 valence electrons. The number of anilines is 2. The first-order valence-electron chi connectivity index (χ1n) is 16.9. The topological polar surface area (TPSA) is 72.9 Å². The molecule has 1 N–H and O–H groups in total. The molecule has 2 heterocycles. The predicted octanol–water partition coefficient (Wildman–Crippen LogP) is 9.13. The third-order valence-corrected chi connectivity index (χ3v) is 9.16. The van der Waals surface area contributed by atoms with Gasteiger partial charge < -0.3 is 24.4 Å². The molecule has 8 heteroatoms. The Kier molecular flexibility index (Phi) is 13.0. The standard InChI is InChI=1S/C40H47N3O4S/c1-5-6-22-46-23-24-47-36-14-9-30(10-15-36)31-11-18-38-34(25-31)26-32(19-21-43(38)27-29(2)3)39(44)42-35-12-16-37(17-13-35)48-28-33-8-7-20-41-40(33)45-4/h7-18,20,25-26,29H,5-6,19,21-24,27-28H2,1-4H3,(H,42,44). The molecule has 48 heavy (non-hydrogen) atoms. The quantitative estimate of drug-likeness (QED) is 0.0945. The lowest BCUT2D eigenvalue weighted by Crippen LogP contribution is -2.29. The number of thioether (sulfide) groups is 1. The van der Waals surface area contributed by atoms with Crippen LogP contribution in [0.4, 0.5) is 11.4 Å². The number of unbranched alkanes of at least 4 members (excludes halogenated alkanes) is 1. The maximum atomic E-state index is 13.6. The molecular weight excluding hydrogens is 619 g/mol. The Morgan fingerprint density at radius 3 is 2.52 bits per heavy atom. The molecule has 7 nitrogen and oxygen atoms in total. The molecule has 0 atom stereocenters. The molecule has 1 amide bonds. The number of ether oxygens (including phenoxy) is 3. The van der Waals surface area contributed by atoms with E-state index in [4.69, 9.17) is 14.2 Å². The number of fused-ring (bicyclic) bond motifs is 1. The maximum absolute atomic E-state index is 13.6. The van der Waals surface area contributed by atoms with E-state index in [-0.39, 0.29) is 5.91 Å². The number of carbonyl (C=O) groups is 1. The van der Waals surface area contributed by atoms with Gasteiger partial charge in [0, 0.05) is 59.1 Å². The first kappa shape index (κ1) is 35.0. The fraction of sp³-hybridized carbons (Fsp3) is 0.350. The summed E-state index contributed by atoms with van der Waals surface area (Å²) in [5.74, 6) is 2.64. The minimum absolute atomic E-state index is 0.0709. The zero-order valence-corrected chi connectivity index (χ0v) is 29.4. The summed E-state index contributed by atoms with van der Waals surface area (Å²) in [6, 6.07) is 26.7. The minimum Gasteiger partial charge on any atom is -0.491 e. The van der Waals surface area contributed by atoms with Crippen LogP contribution in [0.15, 0.2) is 95.5 Å². The lowest BCUT2D eigenvalue weighted by molar-refractivity contribution is -0.112. The molecule has 0 fully saturated rings. The number of methoxy groups -OCH3 is 1. The first-order chi connectivity index (χ1) is 23.4. The van der Waals surface area contributed by atoms with Crippen molar-refractivity contribution in [3.8, 4) is 22.8 Å². The van der Waals surface area contributed by atoms with Crippen LogP contribution in [0.2, 0.25) is 0 Å². The lowest BCUT2D eigenvalue weighted by Gasteiger charge is -2.27. The van der Waals surface area contributed by atoms with Crippen LogP contribution in [0.3, 0.4) is 0 Å². The Balaban J connectivity index is 1.27. The summed E-state index contributed by atoms with van der Waals surface area (Å²) < 4.78 is 16.9. The Morgan fingerprint density at radius 1 is 0.979 bits per heavy atom. The second-order valence-electron chi connectivity index (χ2n) is 12.3. The smallest absolute Gasteiger partial charge is 0.251 e. The number of benzene rings is 3. The summed E-state index contributed by atoms with van der Waals surface area (Å²) >= 11 is 1.70. The van der Waals surface area contributed by atoms with Crippen molar-refractivity contribution in [2.75, 3.05) is 50.2 Å². The van der Waals surface area contributed by atoms with Gasteiger partial charge in [0.2, 0.25) is 5.88 Å². The van der Waals surface area contributed by atoms with Gasteiger partial charge in [-0.1, -0.05) is 51.5 Å². The molecule has 0 bridgehead atoms. The van der Waals surface area contributed by atoms with Crippen molar-refractivity contribution in [1.29, 1.82) is 0 Å². The van der Waals surface area contributed by atoms with Crippen molar-refractivity contribution in [1.82, 2.24) is 4.98 Å². The van der Waals surface area contributed by atoms with Crippen LogP contribution in [-0.2, 0) is 15.3 Å². The molecule has 1 aliphatic heterocycles. The molecule has 0 aliphatic carbocycles. The molecule has 0 unspecified atom stereocenters. The monoisotopic (exact) mass is 665 g/mol. The molecule has 1 aromatic heterocycles. The van der Waals surface area contributed by atoms with E-state index in [0.717, 1.165) is 88.1 Å². The van der Waals surface area contributed by atoms with Crippen LogP contribution in [0.1, 0.15) is 51.2 Å². The molecule has 1 aliphatic rings. The number of pyridine rings is 1. The predicted molar refractivity (Wildman–Crippen MR) is 198 cm³/mol. The molecule has 0 spiro atoms. The second kappa shape index (κ2) is 17.8. The highest BCUT2D eigenvalue weighted by Gasteiger charge is 2.21. The Labute approximate surface area is 289 Å². The molecule has 3 aromatic carbocycles. The summed E-state index contributed by atoms with van der Waals surface area (Å²) in [5.41, 5.74) is 7.00. The summed E-state index contributed by atoms with van der Waals surface area (Å²) in [7, 11) is 1.64. The maximum Gasteiger partial charge on any atom is 0.251 e. The minimum atomic E-state index is -0.0709. The van der Waals surface area contributed by atoms with Crippen molar-refractivity contribution in [3.05, 3.63) is 102 Å². The van der Waals surface area contributed by atoms with E-state index in [0.29, 0.717) is 31.4 Å². The van der Waals surface area contributed by atoms with Crippen molar-refractivity contribution >= 4 is 35.1 Å². The summed E-state index contributed by atoms with van der Waals surface area (Å²) in [4.78, 5) is 21.4. The van der Waals surface area contributed by atoms with Gasteiger partial charge in [-0.2, -0.15) is 0 Å². The number of amides is 1. The van der Waals surface area contributed by atoms with Crippen molar-refractivity contribution in [2.24, 2.45) is 5.92 Å². The van der Waals surface area contributed by atoms with Crippen LogP contribution >= 0.6 is 11.8 Å². The third kappa shape index (κ3) is 9.87. The van der Waals surface area contributed by atoms with Gasteiger partial charge in [-0.05, 0) is 96.1 Å². The van der Waals surface area contributed by atoms with Gasteiger partial charge in [0.15, 0.2) is 0 Å². The molecule has 0 saturated heterocycles. The Bertz CT molecular complexity index is 1650. The summed E-state index contributed by atoms with van der Waals surface area (Å²) in [6.45, 7) is 10.2.